The molecule has 0 bridgehead atoms. The predicted molar refractivity (Wildman–Crippen MR) is 37.5 cm³/mol. The molecule has 0 radical (unpaired) electrons. The summed E-state index contributed by atoms with van der Waals surface area (Å²) in [6.07, 6.45) is 0. The Morgan fingerprint density at radius 3 is 2.73 bits per heavy atom. The van der Waals surface area contributed by atoms with Gasteiger partial charge in [-0.1, -0.05) is 0 Å². The molecule has 1 amide bonds. The van der Waals surface area contributed by atoms with Crippen LogP contribution in [0.5, 0.6) is 0 Å². The van der Waals surface area contributed by atoms with E-state index in [0.29, 0.717) is 6.54 Å². The fourth-order valence-corrected chi connectivity index (χ4v) is 0.882. The van der Waals surface area contributed by atoms with Crippen LogP contribution < -0.4 is 5.32 Å². The third-order valence-electron chi connectivity index (χ3n) is 1.68. The molecule has 0 spiro atoms. The van der Waals surface area contributed by atoms with E-state index in [4.69, 9.17) is 10.00 Å². The first-order valence-electron chi connectivity index (χ1n) is 3.52. The number of carbonyl (C=O) groups excluding carboxylic acids is 1. The van der Waals surface area contributed by atoms with E-state index in [0.717, 1.165) is 0 Å². The van der Waals surface area contributed by atoms with Crippen LogP contribution >= 0.6 is 0 Å². The van der Waals surface area contributed by atoms with Gasteiger partial charge in [0.25, 0.3) is 0 Å². The lowest BCUT2D eigenvalue weighted by Gasteiger charge is -2.32. The lowest BCUT2D eigenvalue weighted by atomic mass is 9.87. The highest BCUT2D eigenvalue weighted by Crippen LogP contribution is 2.26. The Morgan fingerprint density at radius 1 is 1.82 bits per heavy atom. The second-order valence-corrected chi connectivity index (χ2v) is 2.55. The van der Waals surface area contributed by atoms with Gasteiger partial charge in [-0.05, 0) is 6.92 Å². The second kappa shape index (κ2) is 2.89. The molecule has 1 N–H and O–H groups in total. The minimum Gasteiger partial charge on any atom is -0.377 e. The van der Waals surface area contributed by atoms with Gasteiger partial charge in [-0.3, -0.25) is 4.79 Å². The quantitative estimate of drug-likeness (QED) is 0.592. The van der Waals surface area contributed by atoms with E-state index in [1.54, 1.807) is 0 Å². The van der Waals surface area contributed by atoms with Crippen LogP contribution in [-0.4, -0.2) is 25.7 Å². The smallest absolute Gasteiger partial charge is 0.245 e. The van der Waals surface area contributed by atoms with Gasteiger partial charge in [0, 0.05) is 6.54 Å². The maximum atomic E-state index is 11.2. The molecule has 0 aromatic heterocycles. The number of nitrogens with zero attached hydrogens (tertiary/aromatic N) is 1. The SMILES string of the molecule is CCNC(=O)C1(C#N)COC1. The molecule has 0 aromatic rings. The Hall–Kier alpha value is -1.08. The number of hydrogen-bond donors (Lipinski definition) is 1. The van der Waals surface area contributed by atoms with E-state index >= 15 is 0 Å². The lowest BCUT2D eigenvalue weighted by molar-refractivity contribution is -0.149. The van der Waals surface area contributed by atoms with E-state index in [-0.39, 0.29) is 19.1 Å². The van der Waals surface area contributed by atoms with Crippen molar-refractivity contribution in [1.82, 2.24) is 5.32 Å². The largest absolute Gasteiger partial charge is 0.377 e. The summed E-state index contributed by atoms with van der Waals surface area (Å²) < 4.78 is 4.81. The number of nitriles is 1. The van der Waals surface area contributed by atoms with E-state index in [1.807, 2.05) is 13.0 Å². The number of carbonyl (C=O) groups is 1. The van der Waals surface area contributed by atoms with Crippen LogP contribution in [0.3, 0.4) is 0 Å². The summed E-state index contributed by atoms with van der Waals surface area (Å²) in [6, 6.07) is 1.96. The van der Waals surface area contributed by atoms with Crippen molar-refractivity contribution in [3.8, 4) is 6.07 Å². The summed E-state index contributed by atoms with van der Waals surface area (Å²) in [7, 11) is 0. The van der Waals surface area contributed by atoms with Crippen LogP contribution in [0.2, 0.25) is 0 Å². The maximum Gasteiger partial charge on any atom is 0.245 e. The molecule has 0 saturated carbocycles. The van der Waals surface area contributed by atoms with E-state index in [9.17, 15) is 4.79 Å². The van der Waals surface area contributed by atoms with E-state index < -0.39 is 5.41 Å². The molecule has 1 heterocycles. The molecule has 1 aliphatic rings. The molecule has 4 nitrogen and oxygen atoms in total. The van der Waals surface area contributed by atoms with Crippen LogP contribution in [0, 0.1) is 16.7 Å². The minimum absolute atomic E-state index is 0.214. The molecule has 1 fully saturated rings. The van der Waals surface area contributed by atoms with Gasteiger partial charge in [-0.25, -0.2) is 0 Å². The van der Waals surface area contributed by atoms with Crippen molar-refractivity contribution in [3.05, 3.63) is 0 Å². The third kappa shape index (κ3) is 1.19. The maximum absolute atomic E-state index is 11.2. The van der Waals surface area contributed by atoms with Crippen molar-refractivity contribution < 1.29 is 9.53 Å². The zero-order chi connectivity index (χ0) is 8.32. The number of rotatable bonds is 2. The number of hydrogen-bond acceptors (Lipinski definition) is 3. The van der Waals surface area contributed by atoms with Gasteiger partial charge in [0.1, 0.15) is 0 Å². The normalized spacial score (nSPS) is 19.6. The summed E-state index contributed by atoms with van der Waals surface area (Å²) in [5.41, 5.74) is -0.893. The highest BCUT2D eigenvalue weighted by atomic mass is 16.5. The van der Waals surface area contributed by atoms with Crippen molar-refractivity contribution in [1.29, 1.82) is 5.26 Å². The molecule has 60 valence electrons. The van der Waals surface area contributed by atoms with Gasteiger partial charge in [-0.15, -0.1) is 0 Å². The van der Waals surface area contributed by atoms with Crippen molar-refractivity contribution in [2.24, 2.45) is 5.41 Å². The zero-order valence-corrected chi connectivity index (χ0v) is 6.39. The van der Waals surface area contributed by atoms with Crippen molar-refractivity contribution >= 4 is 5.91 Å². The van der Waals surface area contributed by atoms with Crippen LogP contribution in [0.25, 0.3) is 0 Å². The van der Waals surface area contributed by atoms with E-state index in [1.165, 1.54) is 0 Å². The second-order valence-electron chi connectivity index (χ2n) is 2.55. The van der Waals surface area contributed by atoms with Crippen LogP contribution in [0.1, 0.15) is 6.92 Å². The molecule has 1 rings (SSSR count). The Morgan fingerprint density at radius 2 is 2.45 bits per heavy atom. The van der Waals surface area contributed by atoms with Gasteiger partial charge in [0.05, 0.1) is 19.3 Å². The fourth-order valence-electron chi connectivity index (χ4n) is 0.882. The summed E-state index contributed by atoms with van der Waals surface area (Å²) in [5, 5.41) is 11.2. The molecule has 0 unspecified atom stereocenters. The van der Waals surface area contributed by atoms with Crippen molar-refractivity contribution in [2.75, 3.05) is 19.8 Å². The first-order valence-corrected chi connectivity index (χ1v) is 3.52. The highest BCUT2D eigenvalue weighted by molar-refractivity contribution is 5.86. The molecular weight excluding hydrogens is 144 g/mol. The van der Waals surface area contributed by atoms with Crippen LogP contribution in [0.15, 0.2) is 0 Å². The predicted octanol–water partition coefficient (Wildman–Crippen LogP) is -0.337. The van der Waals surface area contributed by atoms with Gasteiger partial charge >= 0.3 is 0 Å². The average Bonchev–Trinajstić information content (AvgIpc) is 1.87. The summed E-state index contributed by atoms with van der Waals surface area (Å²) in [5.74, 6) is -0.214. The fraction of sp³-hybridized carbons (Fsp3) is 0.714. The topological polar surface area (TPSA) is 62.1 Å². The number of nitrogens with one attached hydrogen (secondary N) is 1. The molecule has 0 aromatic carbocycles. The molecular formula is C7H10N2O2. The first-order chi connectivity index (χ1) is 5.25. The van der Waals surface area contributed by atoms with Crippen molar-refractivity contribution in [3.63, 3.8) is 0 Å². The molecule has 1 aliphatic heterocycles. The van der Waals surface area contributed by atoms with Gasteiger partial charge < -0.3 is 10.1 Å². The summed E-state index contributed by atoms with van der Waals surface area (Å²) in [6.45, 7) is 2.84. The van der Waals surface area contributed by atoms with Crippen LogP contribution in [-0.2, 0) is 9.53 Å². The Labute approximate surface area is 65.1 Å². The molecule has 4 heteroatoms. The molecule has 11 heavy (non-hydrogen) atoms. The van der Waals surface area contributed by atoms with Gasteiger partial charge in [-0.2, -0.15) is 5.26 Å². The number of ether oxygens (including phenoxy) is 1. The number of amides is 1. The zero-order valence-electron chi connectivity index (χ0n) is 6.39. The Bertz CT molecular complexity index is 203. The Kier molecular flexibility index (Phi) is 2.11. The van der Waals surface area contributed by atoms with E-state index in [2.05, 4.69) is 5.32 Å². The van der Waals surface area contributed by atoms with Gasteiger partial charge in [0.15, 0.2) is 5.41 Å². The highest BCUT2D eigenvalue weighted by Gasteiger charge is 2.46. The average molecular weight is 154 g/mol. The standard InChI is InChI=1S/C7H10N2O2/c1-2-9-6(10)7(3-8)4-11-5-7/h2,4-5H2,1H3,(H,9,10). The molecule has 0 atom stereocenters. The lowest BCUT2D eigenvalue weighted by Crippen LogP contribution is -2.53. The molecule has 1 saturated heterocycles. The third-order valence-corrected chi connectivity index (χ3v) is 1.68. The summed E-state index contributed by atoms with van der Waals surface area (Å²) >= 11 is 0. The first kappa shape index (κ1) is 8.02. The monoisotopic (exact) mass is 154 g/mol. The van der Waals surface area contributed by atoms with Crippen LogP contribution in [0.4, 0.5) is 0 Å². The van der Waals surface area contributed by atoms with Gasteiger partial charge in [0.2, 0.25) is 5.91 Å². The van der Waals surface area contributed by atoms with Crippen molar-refractivity contribution in [2.45, 2.75) is 6.92 Å². The molecule has 0 aliphatic carbocycles. The Balaban J connectivity index is 2.57. The minimum atomic E-state index is -0.893. The summed E-state index contributed by atoms with van der Waals surface area (Å²) in [4.78, 5) is 11.2.